The molecule has 2 aliphatic rings. The maximum atomic E-state index is 6.27. The van der Waals surface area contributed by atoms with Crippen molar-refractivity contribution in [3.63, 3.8) is 0 Å². The number of fused-ring (bicyclic) bond motifs is 1. The average Bonchev–Trinajstić information content (AvgIpc) is 3.43. The van der Waals surface area contributed by atoms with Gasteiger partial charge in [0.25, 0.3) is 0 Å². The molecule has 0 unspecified atom stereocenters. The van der Waals surface area contributed by atoms with Crippen LogP contribution in [0, 0.1) is 6.92 Å². The first-order valence-electron chi connectivity index (χ1n) is 11.9. The third-order valence-electron chi connectivity index (χ3n) is 6.51. The number of anilines is 3. The molecule has 1 aliphatic carbocycles. The van der Waals surface area contributed by atoms with Gasteiger partial charge in [-0.1, -0.05) is 36.7 Å². The highest BCUT2D eigenvalue weighted by Gasteiger charge is 2.20. The van der Waals surface area contributed by atoms with E-state index in [0.717, 1.165) is 55.4 Å². The standard InChI is InChI=1S/C26H32N6O2/c1-16(2)21-14-25(34-30-21)27-23-15-24(32-10-8-31(5)9-11-32)29-26(28-23)33-22-7-6-19-12-17(3)13-20(19)18(22)4/h6-7,13-16H,8-12H2,1-5H3,(H,27,28,29). The Labute approximate surface area is 200 Å². The van der Waals surface area contributed by atoms with Crippen LogP contribution >= 0.6 is 0 Å². The Hall–Kier alpha value is -3.39. The van der Waals surface area contributed by atoms with Gasteiger partial charge in [0.15, 0.2) is 0 Å². The van der Waals surface area contributed by atoms with Crippen molar-refractivity contribution in [3.8, 4) is 11.8 Å². The fourth-order valence-electron chi connectivity index (χ4n) is 4.39. The van der Waals surface area contributed by atoms with Gasteiger partial charge in [0.05, 0.1) is 5.69 Å². The number of hydrogen-bond donors (Lipinski definition) is 1. The van der Waals surface area contributed by atoms with Crippen LogP contribution in [0.5, 0.6) is 11.8 Å². The van der Waals surface area contributed by atoms with Crippen molar-refractivity contribution >= 4 is 23.6 Å². The molecule has 0 spiro atoms. The zero-order valence-electron chi connectivity index (χ0n) is 20.6. The van der Waals surface area contributed by atoms with Crippen LogP contribution in [0.4, 0.5) is 17.5 Å². The van der Waals surface area contributed by atoms with Crippen LogP contribution in [0.2, 0.25) is 0 Å². The van der Waals surface area contributed by atoms with E-state index >= 15 is 0 Å². The monoisotopic (exact) mass is 460 g/mol. The molecule has 2 aromatic heterocycles. The molecule has 5 rings (SSSR count). The molecule has 0 radical (unpaired) electrons. The minimum Gasteiger partial charge on any atom is -0.424 e. The van der Waals surface area contributed by atoms with Crippen LogP contribution in [0.15, 0.2) is 34.4 Å². The average molecular weight is 461 g/mol. The second-order valence-corrected chi connectivity index (χ2v) is 9.61. The minimum atomic E-state index is 0.282. The van der Waals surface area contributed by atoms with Crippen molar-refractivity contribution in [2.45, 2.75) is 40.0 Å². The molecule has 8 heteroatoms. The van der Waals surface area contributed by atoms with Crippen LogP contribution in [-0.4, -0.2) is 53.3 Å². The lowest BCUT2D eigenvalue weighted by Crippen LogP contribution is -2.44. The van der Waals surface area contributed by atoms with Gasteiger partial charge in [0.1, 0.15) is 17.4 Å². The molecule has 0 amide bonds. The van der Waals surface area contributed by atoms with E-state index in [1.165, 1.54) is 16.7 Å². The molecule has 178 valence electrons. The molecular weight excluding hydrogens is 428 g/mol. The van der Waals surface area contributed by atoms with E-state index in [-0.39, 0.29) is 5.92 Å². The van der Waals surface area contributed by atoms with Crippen LogP contribution in [0.3, 0.4) is 0 Å². The summed E-state index contributed by atoms with van der Waals surface area (Å²) in [4.78, 5) is 14.0. The Balaban J connectivity index is 1.46. The molecule has 1 aliphatic heterocycles. The molecule has 0 saturated carbocycles. The molecule has 0 atom stereocenters. The number of piperazine rings is 1. The zero-order valence-corrected chi connectivity index (χ0v) is 20.6. The van der Waals surface area contributed by atoms with E-state index in [1.54, 1.807) is 0 Å². The van der Waals surface area contributed by atoms with E-state index in [4.69, 9.17) is 14.2 Å². The van der Waals surface area contributed by atoms with Crippen molar-refractivity contribution in [2.75, 3.05) is 43.4 Å². The largest absolute Gasteiger partial charge is 0.424 e. The summed E-state index contributed by atoms with van der Waals surface area (Å²) in [5.41, 5.74) is 5.94. The van der Waals surface area contributed by atoms with E-state index in [2.05, 4.69) is 72.1 Å². The summed E-state index contributed by atoms with van der Waals surface area (Å²) in [6.45, 7) is 12.2. The van der Waals surface area contributed by atoms with Crippen LogP contribution < -0.4 is 15.0 Å². The third-order valence-corrected chi connectivity index (χ3v) is 6.51. The maximum Gasteiger partial charge on any atom is 0.325 e. The van der Waals surface area contributed by atoms with Gasteiger partial charge in [-0.2, -0.15) is 9.97 Å². The molecule has 8 nitrogen and oxygen atoms in total. The van der Waals surface area contributed by atoms with Gasteiger partial charge in [-0.3, -0.25) is 0 Å². The summed E-state index contributed by atoms with van der Waals surface area (Å²) in [5, 5.41) is 7.39. The molecule has 3 heterocycles. The SMILES string of the molecule is CC1=Cc2c(ccc(Oc3nc(Nc4cc(C(C)C)no4)cc(N4CCN(C)CC4)n3)c2C)C1. The second kappa shape index (κ2) is 9.10. The van der Waals surface area contributed by atoms with Crippen molar-refractivity contribution in [1.29, 1.82) is 0 Å². The van der Waals surface area contributed by atoms with Crippen LogP contribution in [-0.2, 0) is 6.42 Å². The van der Waals surface area contributed by atoms with Crippen LogP contribution in [0.1, 0.15) is 49.1 Å². The number of ether oxygens (including phenoxy) is 1. The highest BCUT2D eigenvalue weighted by Crippen LogP contribution is 2.35. The summed E-state index contributed by atoms with van der Waals surface area (Å²) in [7, 11) is 2.14. The third kappa shape index (κ3) is 4.63. The zero-order chi connectivity index (χ0) is 23.8. The molecule has 34 heavy (non-hydrogen) atoms. The second-order valence-electron chi connectivity index (χ2n) is 9.61. The van der Waals surface area contributed by atoms with E-state index in [0.29, 0.717) is 17.7 Å². The number of allylic oxidation sites excluding steroid dienone is 1. The first kappa shape index (κ1) is 22.4. The Morgan fingerprint density at radius 2 is 1.85 bits per heavy atom. The summed E-state index contributed by atoms with van der Waals surface area (Å²) < 4.78 is 11.7. The quantitative estimate of drug-likeness (QED) is 0.541. The van der Waals surface area contributed by atoms with Gasteiger partial charge in [0, 0.05) is 38.3 Å². The lowest BCUT2D eigenvalue weighted by molar-refractivity contribution is 0.311. The highest BCUT2D eigenvalue weighted by molar-refractivity contribution is 5.69. The smallest absolute Gasteiger partial charge is 0.325 e. The number of benzene rings is 1. The fraction of sp³-hybridized carbons (Fsp3) is 0.423. The van der Waals surface area contributed by atoms with Crippen molar-refractivity contribution in [2.24, 2.45) is 0 Å². The molecule has 1 N–H and O–H groups in total. The number of hydrogen-bond acceptors (Lipinski definition) is 8. The first-order valence-corrected chi connectivity index (χ1v) is 11.9. The molecule has 0 bridgehead atoms. The van der Waals surface area contributed by atoms with Crippen LogP contribution in [0.25, 0.3) is 6.08 Å². The van der Waals surface area contributed by atoms with Crippen molar-refractivity contribution in [1.82, 2.24) is 20.0 Å². The van der Waals surface area contributed by atoms with E-state index < -0.39 is 0 Å². The predicted octanol–water partition coefficient (Wildman–Crippen LogP) is 5.14. The lowest BCUT2D eigenvalue weighted by Gasteiger charge is -2.33. The number of rotatable bonds is 6. The van der Waals surface area contributed by atoms with Gasteiger partial charge >= 0.3 is 6.01 Å². The first-order chi connectivity index (χ1) is 16.4. The van der Waals surface area contributed by atoms with Gasteiger partial charge in [-0.05, 0) is 56.0 Å². The lowest BCUT2D eigenvalue weighted by atomic mass is 10.0. The highest BCUT2D eigenvalue weighted by atomic mass is 16.5. The van der Waals surface area contributed by atoms with Crippen molar-refractivity contribution in [3.05, 3.63) is 52.2 Å². The maximum absolute atomic E-state index is 6.27. The molecule has 1 aromatic carbocycles. The summed E-state index contributed by atoms with van der Waals surface area (Å²) >= 11 is 0. The molecule has 1 fully saturated rings. The summed E-state index contributed by atoms with van der Waals surface area (Å²) in [5.74, 6) is 3.04. The van der Waals surface area contributed by atoms with E-state index in [9.17, 15) is 0 Å². The molecular formula is C26H32N6O2. The Morgan fingerprint density at radius 3 is 2.59 bits per heavy atom. The van der Waals surface area contributed by atoms with E-state index in [1.807, 2.05) is 18.2 Å². The number of likely N-dealkylation sites (N-methyl/N-ethyl adjacent to an activating group) is 1. The fourth-order valence-corrected chi connectivity index (χ4v) is 4.39. The Morgan fingerprint density at radius 1 is 1.06 bits per heavy atom. The Kier molecular flexibility index (Phi) is 6.00. The van der Waals surface area contributed by atoms with Gasteiger partial charge in [0.2, 0.25) is 5.88 Å². The Bertz CT molecular complexity index is 1220. The van der Waals surface area contributed by atoms with Gasteiger partial charge in [-0.25, -0.2) is 0 Å². The molecule has 3 aromatic rings. The number of nitrogens with zero attached hydrogens (tertiary/aromatic N) is 5. The number of aromatic nitrogens is 3. The van der Waals surface area contributed by atoms with Gasteiger partial charge in [-0.15, -0.1) is 0 Å². The van der Waals surface area contributed by atoms with Gasteiger partial charge < -0.3 is 24.4 Å². The predicted molar refractivity (Wildman–Crippen MR) is 134 cm³/mol. The van der Waals surface area contributed by atoms with Crippen molar-refractivity contribution < 1.29 is 9.26 Å². The number of nitrogens with one attached hydrogen (secondary N) is 1. The molecule has 1 saturated heterocycles. The summed E-state index contributed by atoms with van der Waals surface area (Å²) in [6, 6.07) is 8.31. The minimum absolute atomic E-state index is 0.282. The topological polar surface area (TPSA) is 79.5 Å². The normalized spacial score (nSPS) is 16.1. The summed E-state index contributed by atoms with van der Waals surface area (Å²) in [6.07, 6.45) is 3.23.